The van der Waals surface area contributed by atoms with Gasteiger partial charge in [-0.1, -0.05) is 0 Å². The number of rotatable bonds is 3. The first-order valence-corrected chi connectivity index (χ1v) is 6.27. The molecular weight excluding hydrogens is 186 g/mol. The van der Waals surface area contributed by atoms with E-state index in [1.165, 1.54) is 0 Å². The number of hydrogen-bond donors (Lipinski definition) is 2. The monoisotopic (exact) mass is 205 g/mol. The van der Waals surface area contributed by atoms with Crippen molar-refractivity contribution in [3.05, 3.63) is 0 Å². The van der Waals surface area contributed by atoms with Gasteiger partial charge < -0.3 is 10.4 Å². The molecule has 0 spiro atoms. The average Bonchev–Trinajstić information content (AvgIpc) is 2.02. The second-order valence-electron chi connectivity index (χ2n) is 4.32. The van der Waals surface area contributed by atoms with E-state index in [-0.39, 0.29) is 0 Å². The first-order valence-electron chi connectivity index (χ1n) is 4.78. The summed E-state index contributed by atoms with van der Waals surface area (Å²) in [5.41, 5.74) is -0.642. The minimum absolute atomic E-state index is 0.448. The van der Waals surface area contributed by atoms with Crippen molar-refractivity contribution in [1.29, 1.82) is 0 Å². The predicted octanol–water partition coefficient (Wildman–Crippen LogP) is 0.258. The maximum Gasteiger partial charge on any atom is 0.0715 e. The van der Waals surface area contributed by atoms with Crippen LogP contribution in [0.25, 0.3) is 0 Å². The van der Waals surface area contributed by atoms with Crippen LogP contribution in [0.15, 0.2) is 0 Å². The van der Waals surface area contributed by atoms with E-state index >= 15 is 0 Å². The van der Waals surface area contributed by atoms with Gasteiger partial charge in [0.05, 0.1) is 5.60 Å². The molecule has 2 N–H and O–H groups in total. The third-order valence-corrected chi connectivity index (χ3v) is 3.59. The van der Waals surface area contributed by atoms with Crippen LogP contribution in [0, 0.1) is 0 Å². The quantitative estimate of drug-likeness (QED) is 0.695. The van der Waals surface area contributed by atoms with E-state index in [0.717, 1.165) is 24.3 Å². The molecule has 1 fully saturated rings. The smallest absolute Gasteiger partial charge is 0.0715 e. The molecule has 0 amide bonds. The molecule has 4 heteroatoms. The summed E-state index contributed by atoms with van der Waals surface area (Å²) in [6.07, 6.45) is 1.95. The molecule has 1 aliphatic rings. The molecule has 0 atom stereocenters. The molecule has 0 aliphatic carbocycles. The van der Waals surface area contributed by atoms with Gasteiger partial charge in [-0.2, -0.15) is 0 Å². The Morgan fingerprint density at radius 2 is 2.00 bits per heavy atom. The van der Waals surface area contributed by atoms with Gasteiger partial charge in [-0.3, -0.25) is 4.21 Å². The molecule has 0 unspecified atom stereocenters. The van der Waals surface area contributed by atoms with Gasteiger partial charge in [-0.25, -0.2) is 0 Å². The van der Waals surface area contributed by atoms with Crippen molar-refractivity contribution in [1.82, 2.24) is 5.32 Å². The van der Waals surface area contributed by atoms with Gasteiger partial charge in [0, 0.05) is 34.9 Å². The third kappa shape index (κ3) is 4.74. The normalized spacial score (nSPS) is 30.4. The SMILES string of the molecule is CC(C)(O)CNC1CCS(=O)CC1. The van der Waals surface area contributed by atoms with Crippen LogP contribution in [0.5, 0.6) is 0 Å². The summed E-state index contributed by atoms with van der Waals surface area (Å²) in [5.74, 6) is 1.62. The highest BCUT2D eigenvalue weighted by Gasteiger charge is 2.20. The average molecular weight is 205 g/mol. The Hall–Kier alpha value is 0.0700. The minimum atomic E-state index is -0.642. The number of hydrogen-bond acceptors (Lipinski definition) is 3. The molecule has 0 bridgehead atoms. The zero-order valence-corrected chi connectivity index (χ0v) is 9.19. The van der Waals surface area contributed by atoms with Crippen molar-refractivity contribution < 1.29 is 9.32 Å². The highest BCUT2D eigenvalue weighted by Crippen LogP contribution is 2.10. The van der Waals surface area contributed by atoms with E-state index in [1.807, 2.05) is 0 Å². The molecule has 1 rings (SSSR count). The van der Waals surface area contributed by atoms with Crippen LogP contribution in [0.1, 0.15) is 26.7 Å². The van der Waals surface area contributed by atoms with Gasteiger partial charge in [0.2, 0.25) is 0 Å². The standard InChI is InChI=1S/C9H19NO2S/c1-9(2,11)7-10-8-3-5-13(12)6-4-8/h8,10-11H,3-7H2,1-2H3. The van der Waals surface area contributed by atoms with Crippen LogP contribution in [0.2, 0.25) is 0 Å². The summed E-state index contributed by atoms with van der Waals surface area (Å²) in [4.78, 5) is 0. The van der Waals surface area contributed by atoms with Crippen LogP contribution in [-0.2, 0) is 10.8 Å². The Morgan fingerprint density at radius 1 is 1.46 bits per heavy atom. The zero-order chi connectivity index (χ0) is 9.90. The topological polar surface area (TPSA) is 49.3 Å². The van der Waals surface area contributed by atoms with Gasteiger partial charge in [-0.15, -0.1) is 0 Å². The molecule has 13 heavy (non-hydrogen) atoms. The van der Waals surface area contributed by atoms with E-state index in [0.29, 0.717) is 12.6 Å². The van der Waals surface area contributed by atoms with Crippen molar-refractivity contribution in [2.75, 3.05) is 18.1 Å². The second kappa shape index (κ2) is 4.53. The van der Waals surface area contributed by atoms with Crippen LogP contribution in [0.3, 0.4) is 0 Å². The zero-order valence-electron chi connectivity index (χ0n) is 8.38. The fraction of sp³-hybridized carbons (Fsp3) is 1.00. The van der Waals surface area contributed by atoms with Crippen molar-refractivity contribution in [3.63, 3.8) is 0 Å². The highest BCUT2D eigenvalue weighted by molar-refractivity contribution is 7.85. The predicted molar refractivity (Wildman–Crippen MR) is 55.2 cm³/mol. The van der Waals surface area contributed by atoms with Gasteiger partial charge in [0.1, 0.15) is 0 Å². The van der Waals surface area contributed by atoms with E-state index in [2.05, 4.69) is 5.32 Å². The lowest BCUT2D eigenvalue weighted by Gasteiger charge is -2.26. The summed E-state index contributed by atoms with van der Waals surface area (Å²) < 4.78 is 11.0. The Bertz CT molecular complexity index is 179. The molecule has 1 saturated heterocycles. The van der Waals surface area contributed by atoms with E-state index < -0.39 is 16.4 Å². The van der Waals surface area contributed by atoms with Crippen molar-refractivity contribution in [3.8, 4) is 0 Å². The molecule has 0 aromatic heterocycles. The first kappa shape index (κ1) is 11.1. The van der Waals surface area contributed by atoms with Crippen molar-refractivity contribution >= 4 is 10.8 Å². The number of aliphatic hydroxyl groups is 1. The Labute approximate surface area is 82.4 Å². The largest absolute Gasteiger partial charge is 0.389 e. The Balaban J connectivity index is 2.20. The Kier molecular flexibility index (Phi) is 3.88. The lowest BCUT2D eigenvalue weighted by atomic mass is 10.1. The van der Waals surface area contributed by atoms with E-state index in [1.54, 1.807) is 13.8 Å². The van der Waals surface area contributed by atoms with Crippen LogP contribution in [0.4, 0.5) is 0 Å². The molecule has 0 aromatic rings. The fourth-order valence-electron chi connectivity index (χ4n) is 1.39. The molecule has 0 aromatic carbocycles. The molecule has 1 aliphatic heterocycles. The van der Waals surface area contributed by atoms with Gasteiger partial charge in [0.15, 0.2) is 0 Å². The maximum atomic E-state index is 11.0. The Morgan fingerprint density at radius 3 is 2.46 bits per heavy atom. The third-order valence-electron chi connectivity index (χ3n) is 2.21. The highest BCUT2D eigenvalue weighted by atomic mass is 32.2. The minimum Gasteiger partial charge on any atom is -0.389 e. The molecule has 3 nitrogen and oxygen atoms in total. The van der Waals surface area contributed by atoms with Crippen molar-refractivity contribution in [2.45, 2.75) is 38.3 Å². The lowest BCUT2D eigenvalue weighted by molar-refractivity contribution is 0.0760. The van der Waals surface area contributed by atoms with Crippen LogP contribution >= 0.6 is 0 Å². The van der Waals surface area contributed by atoms with Crippen molar-refractivity contribution in [2.24, 2.45) is 0 Å². The summed E-state index contributed by atoms with van der Waals surface area (Å²) in [5, 5.41) is 12.8. The summed E-state index contributed by atoms with van der Waals surface area (Å²) in [6.45, 7) is 4.20. The van der Waals surface area contributed by atoms with Gasteiger partial charge in [0.25, 0.3) is 0 Å². The summed E-state index contributed by atoms with van der Waals surface area (Å²) in [7, 11) is -0.588. The molecule has 0 radical (unpaired) electrons. The molecule has 78 valence electrons. The van der Waals surface area contributed by atoms with E-state index in [4.69, 9.17) is 0 Å². The lowest BCUT2D eigenvalue weighted by Crippen LogP contribution is -2.43. The van der Waals surface area contributed by atoms with Gasteiger partial charge >= 0.3 is 0 Å². The maximum absolute atomic E-state index is 11.0. The van der Waals surface area contributed by atoms with E-state index in [9.17, 15) is 9.32 Å². The first-order chi connectivity index (χ1) is 5.97. The van der Waals surface area contributed by atoms with Crippen LogP contribution < -0.4 is 5.32 Å². The molecular formula is C9H19NO2S. The second-order valence-corrected chi connectivity index (χ2v) is 6.01. The number of nitrogens with one attached hydrogen (secondary N) is 1. The summed E-state index contributed by atoms with van der Waals surface area (Å²) >= 11 is 0. The fourth-order valence-corrected chi connectivity index (χ4v) is 2.69. The summed E-state index contributed by atoms with van der Waals surface area (Å²) in [6, 6.07) is 0.448. The van der Waals surface area contributed by atoms with Crippen LogP contribution in [-0.4, -0.2) is 39.0 Å². The van der Waals surface area contributed by atoms with Gasteiger partial charge in [-0.05, 0) is 26.7 Å². The molecule has 0 saturated carbocycles. The molecule has 1 heterocycles.